The van der Waals surface area contributed by atoms with E-state index in [1.54, 1.807) is 14.2 Å². The minimum Gasteiger partial charge on any atom is -0.493 e. The van der Waals surface area contributed by atoms with Crippen LogP contribution < -0.4 is 19.7 Å². The summed E-state index contributed by atoms with van der Waals surface area (Å²) in [6.45, 7) is 2.61. The van der Waals surface area contributed by atoms with Crippen LogP contribution in [-0.4, -0.2) is 39.8 Å². The highest BCUT2D eigenvalue weighted by molar-refractivity contribution is 6.31. The monoisotopic (exact) mass is 395 g/mol. The van der Waals surface area contributed by atoms with Crippen molar-refractivity contribution in [1.82, 2.24) is 0 Å². The number of carbonyl (C=O) groups is 1. The first-order chi connectivity index (χ1) is 12.8. The molecule has 0 saturated carbocycles. The summed E-state index contributed by atoms with van der Waals surface area (Å²) in [4.78, 5) is 13.5. The highest BCUT2D eigenvalue weighted by Crippen LogP contribution is 2.27. The topological polar surface area (TPSA) is 52.0 Å². The molecule has 0 aliphatic carbocycles. The van der Waals surface area contributed by atoms with Gasteiger partial charge in [-0.2, -0.15) is 0 Å². The van der Waals surface area contributed by atoms with Gasteiger partial charge in [0.15, 0.2) is 17.5 Å². The fourth-order valence-corrected chi connectivity index (χ4v) is 2.82. The Morgan fingerprint density at radius 1 is 1.19 bits per heavy atom. The van der Waals surface area contributed by atoms with Gasteiger partial charge in [0.05, 0.1) is 32.8 Å². The lowest BCUT2D eigenvalue weighted by Gasteiger charge is -2.21. The molecule has 0 bridgehead atoms. The molecule has 2 N–H and O–H groups in total. The van der Waals surface area contributed by atoms with Gasteiger partial charge in [0.25, 0.3) is 5.91 Å². The van der Waals surface area contributed by atoms with Crippen molar-refractivity contribution in [3.63, 3.8) is 0 Å². The second kappa shape index (κ2) is 9.58. The summed E-state index contributed by atoms with van der Waals surface area (Å²) in [5.41, 5.74) is 1.58. The predicted octanol–water partition coefficient (Wildman–Crippen LogP) is 2.58. The molecule has 0 spiro atoms. The number of hydrogen-bond acceptors (Lipinski definition) is 3. The third-order valence-corrected chi connectivity index (χ3v) is 4.87. The predicted molar refractivity (Wildman–Crippen MR) is 105 cm³/mol. The number of rotatable bonds is 8. The van der Waals surface area contributed by atoms with Crippen LogP contribution in [0.2, 0.25) is 5.02 Å². The Kier molecular flexibility index (Phi) is 7.45. The molecule has 27 heavy (non-hydrogen) atoms. The Morgan fingerprint density at radius 3 is 2.52 bits per heavy atom. The van der Waals surface area contributed by atoms with Crippen LogP contribution in [0.25, 0.3) is 0 Å². The molecular weight excluding hydrogens is 371 g/mol. The minimum absolute atomic E-state index is 0.0189. The zero-order valence-electron chi connectivity index (χ0n) is 15.9. The van der Waals surface area contributed by atoms with E-state index in [9.17, 15) is 9.18 Å². The number of methoxy groups -OCH3 is 2. The van der Waals surface area contributed by atoms with E-state index in [1.807, 2.05) is 32.2 Å². The first-order valence-electron chi connectivity index (χ1n) is 8.64. The van der Waals surface area contributed by atoms with E-state index in [1.165, 1.54) is 18.2 Å². The van der Waals surface area contributed by atoms with E-state index in [2.05, 4.69) is 5.32 Å². The average molecular weight is 396 g/mol. The van der Waals surface area contributed by atoms with Crippen LogP contribution in [0.5, 0.6) is 11.5 Å². The number of ether oxygens (including phenoxy) is 2. The Labute approximate surface area is 164 Å². The summed E-state index contributed by atoms with van der Waals surface area (Å²) in [7, 11) is 5.17. The van der Waals surface area contributed by atoms with Gasteiger partial charge in [0, 0.05) is 12.1 Å². The van der Waals surface area contributed by atoms with Crippen LogP contribution in [0.1, 0.15) is 12.5 Å². The van der Waals surface area contributed by atoms with E-state index >= 15 is 0 Å². The molecule has 0 saturated heterocycles. The van der Waals surface area contributed by atoms with Crippen molar-refractivity contribution < 1.29 is 23.6 Å². The number of likely N-dealkylation sites (N-methyl/N-ethyl adjacent to an activating group) is 1. The lowest BCUT2D eigenvalue weighted by Crippen LogP contribution is -3.14. The molecule has 0 aliphatic heterocycles. The zero-order chi connectivity index (χ0) is 20.0. The van der Waals surface area contributed by atoms with Crippen LogP contribution in [-0.2, 0) is 11.2 Å². The molecule has 0 aromatic heterocycles. The van der Waals surface area contributed by atoms with E-state index in [4.69, 9.17) is 21.1 Å². The SMILES string of the molecule is COc1ccc(CC[NH+](C)[C@H](C)C(=O)Nc2ccc(F)c(Cl)c2)cc1OC. The highest BCUT2D eigenvalue weighted by atomic mass is 35.5. The Morgan fingerprint density at radius 2 is 1.89 bits per heavy atom. The second-order valence-corrected chi connectivity index (χ2v) is 6.78. The Hall–Kier alpha value is -2.31. The van der Waals surface area contributed by atoms with Gasteiger partial charge in [-0.3, -0.25) is 4.79 Å². The minimum atomic E-state index is -0.514. The van der Waals surface area contributed by atoms with Crippen molar-refractivity contribution in [2.45, 2.75) is 19.4 Å². The van der Waals surface area contributed by atoms with Crippen molar-refractivity contribution in [3.05, 3.63) is 52.8 Å². The maximum atomic E-state index is 13.2. The standard InChI is InChI=1S/C20H24ClFN2O3/c1-13(20(25)23-15-6-7-17(22)16(21)12-15)24(2)10-9-14-5-8-18(26-3)19(11-14)27-4/h5-8,11-13H,9-10H2,1-4H3,(H,23,25)/p+1/t13-/m1/s1. The number of amides is 1. The molecule has 2 atom stereocenters. The van der Waals surface area contributed by atoms with Gasteiger partial charge in [0.2, 0.25) is 0 Å². The lowest BCUT2D eigenvalue weighted by molar-refractivity contribution is -0.893. The van der Waals surface area contributed by atoms with Crippen LogP contribution >= 0.6 is 11.6 Å². The summed E-state index contributed by atoms with van der Waals surface area (Å²) in [6.07, 6.45) is 0.784. The Balaban J connectivity index is 1.93. The van der Waals surface area contributed by atoms with E-state index < -0.39 is 5.82 Å². The normalized spacial score (nSPS) is 13.0. The number of benzene rings is 2. The molecule has 2 rings (SSSR count). The largest absolute Gasteiger partial charge is 0.493 e. The van der Waals surface area contributed by atoms with Crippen LogP contribution in [0.3, 0.4) is 0 Å². The molecule has 1 unspecified atom stereocenters. The van der Waals surface area contributed by atoms with Crippen molar-refractivity contribution in [2.75, 3.05) is 33.1 Å². The molecule has 5 nitrogen and oxygen atoms in total. The zero-order valence-corrected chi connectivity index (χ0v) is 16.7. The molecule has 146 valence electrons. The van der Waals surface area contributed by atoms with E-state index in [0.29, 0.717) is 17.2 Å². The van der Waals surface area contributed by atoms with Gasteiger partial charge in [-0.15, -0.1) is 0 Å². The molecule has 7 heteroatoms. The number of carbonyl (C=O) groups excluding carboxylic acids is 1. The number of nitrogens with one attached hydrogen (secondary N) is 2. The fraction of sp³-hybridized carbons (Fsp3) is 0.350. The summed E-state index contributed by atoms with van der Waals surface area (Å²) in [5, 5.41) is 2.76. The fourth-order valence-electron chi connectivity index (χ4n) is 2.64. The molecule has 2 aromatic carbocycles. The van der Waals surface area contributed by atoms with Crippen molar-refractivity contribution in [2.24, 2.45) is 0 Å². The number of hydrogen-bond donors (Lipinski definition) is 2. The summed E-state index contributed by atoms with van der Waals surface area (Å²) in [6, 6.07) is 9.64. The third-order valence-electron chi connectivity index (χ3n) is 4.58. The number of quaternary nitrogens is 1. The van der Waals surface area contributed by atoms with Crippen LogP contribution in [0.15, 0.2) is 36.4 Å². The first kappa shape index (κ1) is 21.0. The van der Waals surface area contributed by atoms with Gasteiger partial charge in [-0.05, 0) is 42.8 Å². The smallest absolute Gasteiger partial charge is 0.282 e. The van der Waals surface area contributed by atoms with E-state index in [0.717, 1.165) is 23.4 Å². The van der Waals surface area contributed by atoms with Crippen LogP contribution in [0.4, 0.5) is 10.1 Å². The van der Waals surface area contributed by atoms with Crippen molar-refractivity contribution in [3.8, 4) is 11.5 Å². The molecule has 2 aromatic rings. The number of anilines is 1. The average Bonchev–Trinajstić information content (AvgIpc) is 2.67. The van der Waals surface area contributed by atoms with Gasteiger partial charge in [0.1, 0.15) is 5.82 Å². The second-order valence-electron chi connectivity index (χ2n) is 6.38. The van der Waals surface area contributed by atoms with Crippen molar-refractivity contribution in [1.29, 1.82) is 0 Å². The summed E-state index contributed by atoms with van der Waals surface area (Å²) in [5.74, 6) is 0.710. The number of halogens is 2. The van der Waals surface area contributed by atoms with Gasteiger partial charge in [-0.1, -0.05) is 17.7 Å². The summed E-state index contributed by atoms with van der Waals surface area (Å²) < 4.78 is 23.8. The first-order valence-corrected chi connectivity index (χ1v) is 9.02. The van der Waals surface area contributed by atoms with E-state index in [-0.39, 0.29) is 17.0 Å². The third kappa shape index (κ3) is 5.58. The molecule has 0 aliphatic rings. The van der Waals surface area contributed by atoms with Gasteiger partial charge < -0.3 is 19.7 Å². The molecule has 0 radical (unpaired) electrons. The van der Waals surface area contributed by atoms with Gasteiger partial charge >= 0.3 is 0 Å². The maximum Gasteiger partial charge on any atom is 0.282 e. The Bertz CT molecular complexity index is 801. The van der Waals surface area contributed by atoms with Gasteiger partial charge in [-0.25, -0.2) is 4.39 Å². The quantitative estimate of drug-likeness (QED) is 0.722. The molecule has 0 fully saturated rings. The maximum absolute atomic E-state index is 13.2. The molecule has 0 heterocycles. The van der Waals surface area contributed by atoms with Crippen LogP contribution in [0, 0.1) is 5.82 Å². The molecular formula is C20H25ClFN2O3+. The highest BCUT2D eigenvalue weighted by Gasteiger charge is 2.22. The summed E-state index contributed by atoms with van der Waals surface area (Å²) >= 11 is 5.75. The lowest BCUT2D eigenvalue weighted by atomic mass is 10.1. The van der Waals surface area contributed by atoms with Crippen molar-refractivity contribution >= 4 is 23.2 Å². The molecule has 1 amide bonds.